The molecule has 4 aromatic carbocycles. The highest BCUT2D eigenvalue weighted by Gasteiger charge is 2.27. The Balaban J connectivity index is 1.31. The van der Waals surface area contributed by atoms with Gasteiger partial charge in [-0.25, -0.2) is 13.1 Å². The number of nitrogens with zero attached hydrogens (tertiary/aromatic N) is 1. The predicted octanol–water partition coefficient (Wildman–Crippen LogP) is 5.80. The van der Waals surface area contributed by atoms with Crippen LogP contribution in [0.2, 0.25) is 0 Å². The third kappa shape index (κ3) is 4.29. The van der Waals surface area contributed by atoms with Crippen molar-refractivity contribution in [2.75, 3.05) is 0 Å². The van der Waals surface area contributed by atoms with Crippen molar-refractivity contribution in [3.8, 4) is 11.3 Å². The molecule has 0 amide bonds. The summed E-state index contributed by atoms with van der Waals surface area (Å²) < 4.78 is 30.9. The van der Waals surface area contributed by atoms with E-state index in [-0.39, 0.29) is 6.04 Å². The van der Waals surface area contributed by atoms with E-state index in [4.69, 9.17) is 0 Å². The highest BCUT2D eigenvalue weighted by atomic mass is 32.2. The number of hydrogen-bond acceptors (Lipinski definition) is 2. The molecule has 0 bridgehead atoms. The van der Waals surface area contributed by atoms with E-state index in [1.807, 2.05) is 12.1 Å². The van der Waals surface area contributed by atoms with Crippen LogP contribution in [0, 0.1) is 0 Å². The van der Waals surface area contributed by atoms with E-state index in [0.717, 1.165) is 12.1 Å². The number of para-hydroxylation sites is 1. The Hall–Kier alpha value is -3.67. The van der Waals surface area contributed by atoms with Crippen LogP contribution < -0.4 is 4.72 Å². The van der Waals surface area contributed by atoms with Gasteiger partial charge in [-0.15, -0.1) is 0 Å². The Bertz CT molecular complexity index is 1610. The maximum atomic E-state index is 12.8. The molecule has 0 spiro atoms. The summed E-state index contributed by atoms with van der Waals surface area (Å²) in [5, 5.41) is 1.22. The fourth-order valence-corrected chi connectivity index (χ4v) is 6.39. The first-order chi connectivity index (χ1) is 17.1. The summed E-state index contributed by atoms with van der Waals surface area (Å²) in [5.74, 6) is 0. The van der Waals surface area contributed by atoms with E-state index in [2.05, 4.69) is 82.1 Å². The monoisotopic (exact) mass is 478 g/mol. The molecule has 174 valence electrons. The fraction of sp³-hybridized carbons (Fsp3) is 0.133. The largest absolute Gasteiger partial charge is 0.336 e. The van der Waals surface area contributed by atoms with Gasteiger partial charge in [0.1, 0.15) is 0 Å². The molecular formula is C30H26N2O2S. The Morgan fingerprint density at radius 1 is 0.743 bits per heavy atom. The zero-order valence-electron chi connectivity index (χ0n) is 19.3. The summed E-state index contributed by atoms with van der Waals surface area (Å²) in [7, 11) is -3.54. The minimum Gasteiger partial charge on any atom is -0.336 e. The summed E-state index contributed by atoms with van der Waals surface area (Å²) in [6, 6.07) is 36.3. The number of aromatic nitrogens is 1. The molecule has 1 aliphatic rings. The van der Waals surface area contributed by atoms with Crippen molar-refractivity contribution in [3.63, 3.8) is 0 Å². The van der Waals surface area contributed by atoms with Crippen LogP contribution in [0.4, 0.5) is 0 Å². The lowest BCUT2D eigenvalue weighted by atomic mass is 10.0. The summed E-state index contributed by atoms with van der Waals surface area (Å²) in [5.41, 5.74) is 7.21. The summed E-state index contributed by atoms with van der Waals surface area (Å²) >= 11 is 0. The van der Waals surface area contributed by atoms with Crippen LogP contribution in [-0.4, -0.2) is 19.0 Å². The van der Waals surface area contributed by atoms with Gasteiger partial charge in [0.2, 0.25) is 10.0 Å². The van der Waals surface area contributed by atoms with Crippen LogP contribution in [0.1, 0.15) is 16.7 Å². The molecule has 0 saturated heterocycles. The Morgan fingerprint density at radius 2 is 1.43 bits per heavy atom. The van der Waals surface area contributed by atoms with Crippen LogP contribution in [0.5, 0.6) is 0 Å². The molecule has 5 aromatic rings. The number of nitrogens with one attached hydrogen (secondary N) is 1. The molecule has 1 aromatic heterocycles. The molecule has 0 aliphatic heterocycles. The molecule has 1 N–H and O–H groups in total. The van der Waals surface area contributed by atoms with Crippen LogP contribution in [0.3, 0.4) is 0 Å². The average Bonchev–Trinajstić information content (AvgIpc) is 3.45. The number of benzene rings is 4. The topological polar surface area (TPSA) is 51.1 Å². The van der Waals surface area contributed by atoms with Gasteiger partial charge >= 0.3 is 0 Å². The van der Waals surface area contributed by atoms with Crippen molar-refractivity contribution in [3.05, 3.63) is 126 Å². The lowest BCUT2D eigenvalue weighted by molar-refractivity contribution is 0.555. The predicted molar refractivity (Wildman–Crippen MR) is 141 cm³/mol. The number of sulfonamides is 1. The van der Waals surface area contributed by atoms with Crippen LogP contribution in [0.25, 0.3) is 22.2 Å². The number of fused-ring (bicyclic) bond motifs is 2. The SMILES string of the molecule is O=S(=O)(NC1Cc2ccc(-c3cc4ccccc4n3Cc3ccccc3)cc2C1)c1ccccc1. The van der Waals surface area contributed by atoms with Gasteiger partial charge in [0.05, 0.1) is 4.90 Å². The minimum atomic E-state index is -3.54. The molecule has 1 heterocycles. The van der Waals surface area contributed by atoms with E-state index in [1.165, 1.54) is 33.3 Å². The molecule has 0 fully saturated rings. The summed E-state index contributed by atoms with van der Waals surface area (Å²) in [6.07, 6.45) is 1.39. The van der Waals surface area contributed by atoms with Gasteiger partial charge in [-0.05, 0) is 65.4 Å². The van der Waals surface area contributed by atoms with Crippen molar-refractivity contribution < 1.29 is 8.42 Å². The van der Waals surface area contributed by atoms with Gasteiger partial charge in [-0.1, -0.05) is 78.9 Å². The second-order valence-corrected chi connectivity index (χ2v) is 10.9. The van der Waals surface area contributed by atoms with Gasteiger partial charge in [-0.3, -0.25) is 0 Å². The maximum absolute atomic E-state index is 12.8. The quantitative estimate of drug-likeness (QED) is 0.335. The Kier molecular flexibility index (Phi) is 5.51. The summed E-state index contributed by atoms with van der Waals surface area (Å²) in [6.45, 7) is 0.792. The number of hydrogen-bond donors (Lipinski definition) is 1. The first-order valence-corrected chi connectivity index (χ1v) is 13.4. The van der Waals surface area contributed by atoms with E-state index in [9.17, 15) is 8.42 Å². The molecule has 6 rings (SSSR count). The van der Waals surface area contributed by atoms with E-state index < -0.39 is 10.0 Å². The molecule has 0 saturated carbocycles. The van der Waals surface area contributed by atoms with E-state index >= 15 is 0 Å². The Morgan fingerprint density at radius 3 is 2.23 bits per heavy atom. The van der Waals surface area contributed by atoms with Crippen LogP contribution >= 0.6 is 0 Å². The third-order valence-corrected chi connectivity index (χ3v) is 8.34. The highest BCUT2D eigenvalue weighted by molar-refractivity contribution is 7.89. The first kappa shape index (κ1) is 21.8. The molecule has 1 unspecified atom stereocenters. The Labute approximate surface area is 205 Å². The van der Waals surface area contributed by atoms with E-state index in [0.29, 0.717) is 17.7 Å². The van der Waals surface area contributed by atoms with Gasteiger partial charge in [-0.2, -0.15) is 0 Å². The van der Waals surface area contributed by atoms with Gasteiger partial charge < -0.3 is 4.57 Å². The second kappa shape index (κ2) is 8.84. The smallest absolute Gasteiger partial charge is 0.240 e. The van der Waals surface area contributed by atoms with E-state index in [1.54, 1.807) is 24.3 Å². The average molecular weight is 479 g/mol. The lowest BCUT2D eigenvalue weighted by Gasteiger charge is -2.13. The van der Waals surface area contributed by atoms with Crippen molar-refractivity contribution in [1.29, 1.82) is 0 Å². The molecule has 35 heavy (non-hydrogen) atoms. The lowest BCUT2D eigenvalue weighted by Crippen LogP contribution is -2.35. The zero-order valence-corrected chi connectivity index (χ0v) is 20.1. The van der Waals surface area contributed by atoms with Gasteiger partial charge in [0, 0.05) is 29.2 Å². The zero-order chi connectivity index (χ0) is 23.8. The summed E-state index contributed by atoms with van der Waals surface area (Å²) in [4.78, 5) is 0.307. The number of rotatable bonds is 6. The highest BCUT2D eigenvalue weighted by Crippen LogP contribution is 2.33. The normalized spacial score (nSPS) is 15.4. The molecule has 1 aliphatic carbocycles. The van der Waals surface area contributed by atoms with Crippen LogP contribution in [0.15, 0.2) is 114 Å². The van der Waals surface area contributed by atoms with Crippen molar-refractivity contribution in [1.82, 2.24) is 9.29 Å². The first-order valence-electron chi connectivity index (χ1n) is 11.9. The molecule has 5 heteroatoms. The second-order valence-electron chi connectivity index (χ2n) is 9.18. The third-order valence-electron chi connectivity index (χ3n) is 6.80. The molecule has 4 nitrogen and oxygen atoms in total. The van der Waals surface area contributed by atoms with Crippen molar-refractivity contribution in [2.45, 2.75) is 30.3 Å². The van der Waals surface area contributed by atoms with Gasteiger partial charge in [0.15, 0.2) is 0 Å². The van der Waals surface area contributed by atoms with Crippen molar-refractivity contribution in [2.24, 2.45) is 0 Å². The molecular weight excluding hydrogens is 452 g/mol. The fourth-order valence-electron chi connectivity index (χ4n) is 5.13. The van der Waals surface area contributed by atoms with Gasteiger partial charge in [0.25, 0.3) is 0 Å². The standard InChI is InChI=1S/C30H26N2O2S/c33-35(34,28-12-5-2-6-13-28)31-27-18-23-15-16-25(17-26(23)19-27)30-20-24-11-7-8-14-29(24)32(30)21-22-9-3-1-4-10-22/h1-17,20,27,31H,18-19,21H2. The van der Waals surface area contributed by atoms with Crippen molar-refractivity contribution >= 4 is 20.9 Å². The molecule has 1 atom stereocenters. The maximum Gasteiger partial charge on any atom is 0.240 e. The van der Waals surface area contributed by atoms with Crippen LogP contribution in [-0.2, 0) is 29.4 Å². The molecule has 0 radical (unpaired) electrons. The minimum absolute atomic E-state index is 0.138.